The van der Waals surface area contributed by atoms with Crippen LogP contribution in [0.4, 0.5) is 5.69 Å². The molecule has 0 unspecified atom stereocenters. The number of aromatic nitrogens is 2. The molecule has 5 nitrogen and oxygen atoms in total. The van der Waals surface area contributed by atoms with Gasteiger partial charge in [-0.3, -0.25) is 9.89 Å². The van der Waals surface area contributed by atoms with E-state index in [4.69, 9.17) is 4.74 Å². The predicted octanol–water partition coefficient (Wildman–Crippen LogP) is 1.82. The summed E-state index contributed by atoms with van der Waals surface area (Å²) >= 11 is 0. The molecule has 24 heavy (non-hydrogen) atoms. The van der Waals surface area contributed by atoms with Crippen molar-refractivity contribution >= 4 is 18.5 Å². The minimum absolute atomic E-state index is 0.148. The number of H-pyrrole nitrogens is 1. The minimum Gasteiger partial charge on any atom is -0.494 e. The maximum atomic E-state index is 12.6. The number of rotatable bonds is 5. The van der Waals surface area contributed by atoms with E-state index in [1.165, 1.54) is 4.68 Å². The summed E-state index contributed by atoms with van der Waals surface area (Å²) in [6.45, 7) is 6.49. The predicted molar refractivity (Wildman–Crippen MR) is 96.9 cm³/mol. The molecule has 1 aromatic heterocycles. The zero-order valence-electron chi connectivity index (χ0n) is 13.5. The van der Waals surface area contributed by atoms with Gasteiger partial charge in [0.25, 0.3) is 5.56 Å². The third-order valence-electron chi connectivity index (χ3n) is 3.57. The van der Waals surface area contributed by atoms with Gasteiger partial charge in [0.15, 0.2) is 0 Å². The van der Waals surface area contributed by atoms with Gasteiger partial charge in [0.2, 0.25) is 0 Å². The van der Waals surface area contributed by atoms with Crippen molar-refractivity contribution in [1.82, 2.24) is 9.78 Å². The molecule has 3 rings (SSSR count). The van der Waals surface area contributed by atoms with Crippen LogP contribution < -0.4 is 26.2 Å². The standard InChI is InChI=1S/C19H19N3O2/c1-3-24-17-11-9-15(10-12-17)20-13-18-14(2)21-22(19(18)23)16-7-5-4-6-8-16/h4-13,20-21H,2-3H2,1H3. The van der Waals surface area contributed by atoms with Gasteiger partial charge in [-0.15, -0.1) is 0 Å². The van der Waals surface area contributed by atoms with Gasteiger partial charge in [0.1, 0.15) is 5.75 Å². The SMILES string of the molecule is C=c1[nH]n(-c2ccccc2)c(=O)c1=CNc1ccc(OCC)cc1. The average molecular weight is 321 g/mol. The van der Waals surface area contributed by atoms with Gasteiger partial charge in [-0.2, -0.15) is 0 Å². The number of nitrogens with one attached hydrogen (secondary N) is 2. The molecule has 2 aromatic carbocycles. The molecule has 0 bridgehead atoms. The highest BCUT2D eigenvalue weighted by atomic mass is 16.5. The summed E-state index contributed by atoms with van der Waals surface area (Å²) in [6, 6.07) is 16.9. The van der Waals surface area contributed by atoms with Crippen LogP contribution in [0.25, 0.3) is 18.5 Å². The minimum atomic E-state index is -0.148. The molecule has 0 atom stereocenters. The number of aromatic amines is 1. The Morgan fingerprint density at radius 3 is 2.54 bits per heavy atom. The fourth-order valence-electron chi connectivity index (χ4n) is 2.37. The lowest BCUT2D eigenvalue weighted by atomic mass is 10.3. The highest BCUT2D eigenvalue weighted by Gasteiger charge is 2.03. The topological polar surface area (TPSA) is 59.0 Å². The Bertz CT molecular complexity index is 970. The maximum absolute atomic E-state index is 12.6. The molecule has 1 heterocycles. The monoisotopic (exact) mass is 321 g/mol. The number of para-hydroxylation sites is 1. The largest absolute Gasteiger partial charge is 0.494 e. The smallest absolute Gasteiger partial charge is 0.280 e. The van der Waals surface area contributed by atoms with E-state index in [-0.39, 0.29) is 5.56 Å². The van der Waals surface area contributed by atoms with Gasteiger partial charge < -0.3 is 10.1 Å². The van der Waals surface area contributed by atoms with E-state index in [2.05, 4.69) is 17.0 Å². The molecule has 3 aromatic rings. The van der Waals surface area contributed by atoms with Gasteiger partial charge in [0, 0.05) is 11.9 Å². The highest BCUT2D eigenvalue weighted by molar-refractivity contribution is 5.55. The van der Waals surface area contributed by atoms with Gasteiger partial charge in [-0.05, 0) is 43.3 Å². The fraction of sp³-hybridized carbons (Fsp3) is 0.105. The molecule has 0 saturated heterocycles. The van der Waals surface area contributed by atoms with Crippen molar-refractivity contribution in [2.24, 2.45) is 0 Å². The van der Waals surface area contributed by atoms with Crippen LogP contribution in [0.5, 0.6) is 5.75 Å². The quantitative estimate of drug-likeness (QED) is 0.754. The maximum Gasteiger partial charge on any atom is 0.280 e. The van der Waals surface area contributed by atoms with E-state index in [1.807, 2.05) is 61.5 Å². The number of anilines is 1. The van der Waals surface area contributed by atoms with Crippen molar-refractivity contribution in [1.29, 1.82) is 0 Å². The highest BCUT2D eigenvalue weighted by Crippen LogP contribution is 2.15. The van der Waals surface area contributed by atoms with Crippen LogP contribution in [-0.2, 0) is 0 Å². The summed E-state index contributed by atoms with van der Waals surface area (Å²) in [4.78, 5) is 12.6. The van der Waals surface area contributed by atoms with E-state index in [0.29, 0.717) is 17.2 Å². The lowest BCUT2D eigenvalue weighted by molar-refractivity contribution is 0.340. The van der Waals surface area contributed by atoms with Crippen LogP contribution in [-0.4, -0.2) is 16.4 Å². The first-order valence-corrected chi connectivity index (χ1v) is 7.74. The molecule has 0 saturated carbocycles. The Morgan fingerprint density at radius 1 is 1.17 bits per heavy atom. The summed E-state index contributed by atoms with van der Waals surface area (Å²) in [5, 5.41) is 7.17. The zero-order chi connectivity index (χ0) is 16.9. The Labute approximate surface area is 139 Å². The Morgan fingerprint density at radius 2 is 1.88 bits per heavy atom. The van der Waals surface area contributed by atoms with Gasteiger partial charge >= 0.3 is 0 Å². The lowest BCUT2D eigenvalue weighted by Crippen LogP contribution is -2.34. The normalized spacial score (nSPS) is 11.5. The van der Waals surface area contributed by atoms with Crippen molar-refractivity contribution in [3.8, 4) is 11.4 Å². The van der Waals surface area contributed by atoms with Gasteiger partial charge in [-0.25, -0.2) is 4.68 Å². The molecule has 2 N–H and O–H groups in total. The van der Waals surface area contributed by atoms with Gasteiger partial charge in [-0.1, -0.05) is 24.8 Å². The number of benzene rings is 2. The molecule has 0 fully saturated rings. The second-order valence-corrected chi connectivity index (χ2v) is 5.23. The third kappa shape index (κ3) is 3.25. The van der Waals surface area contributed by atoms with Gasteiger partial charge in [0.05, 0.1) is 22.9 Å². The third-order valence-corrected chi connectivity index (χ3v) is 3.57. The van der Waals surface area contributed by atoms with Crippen LogP contribution in [0.3, 0.4) is 0 Å². The number of hydrogen-bond acceptors (Lipinski definition) is 3. The number of hydrogen-bond donors (Lipinski definition) is 2. The first kappa shape index (κ1) is 15.7. The van der Waals surface area contributed by atoms with Crippen molar-refractivity contribution in [3.63, 3.8) is 0 Å². The van der Waals surface area contributed by atoms with Crippen molar-refractivity contribution in [2.75, 3.05) is 11.9 Å². The summed E-state index contributed by atoms with van der Waals surface area (Å²) < 4.78 is 6.89. The van der Waals surface area contributed by atoms with Crippen molar-refractivity contribution < 1.29 is 4.74 Å². The summed E-state index contributed by atoms with van der Waals surface area (Å²) in [5.41, 5.74) is 1.49. The van der Waals surface area contributed by atoms with E-state index < -0.39 is 0 Å². The molecule has 0 aliphatic heterocycles. The summed E-state index contributed by atoms with van der Waals surface area (Å²) in [5.74, 6) is 0.814. The van der Waals surface area contributed by atoms with Crippen LogP contribution in [0, 0.1) is 0 Å². The van der Waals surface area contributed by atoms with Crippen LogP contribution in [0.15, 0.2) is 59.4 Å². The van der Waals surface area contributed by atoms with Crippen LogP contribution >= 0.6 is 0 Å². The Balaban J connectivity index is 1.90. The first-order chi connectivity index (χ1) is 11.7. The second kappa shape index (κ2) is 6.91. The number of nitrogens with zero attached hydrogens (tertiary/aromatic N) is 1. The Kier molecular flexibility index (Phi) is 4.52. The lowest BCUT2D eigenvalue weighted by Gasteiger charge is -2.04. The van der Waals surface area contributed by atoms with E-state index >= 15 is 0 Å². The molecule has 5 heteroatoms. The summed E-state index contributed by atoms with van der Waals surface area (Å²) in [7, 11) is 0. The van der Waals surface area contributed by atoms with E-state index in [1.54, 1.807) is 6.20 Å². The first-order valence-electron chi connectivity index (χ1n) is 7.74. The van der Waals surface area contributed by atoms with Crippen LogP contribution in [0.2, 0.25) is 0 Å². The van der Waals surface area contributed by atoms with Crippen molar-refractivity contribution in [3.05, 3.63) is 75.5 Å². The summed E-state index contributed by atoms with van der Waals surface area (Å²) in [6.07, 6.45) is 1.66. The van der Waals surface area contributed by atoms with E-state index in [9.17, 15) is 4.79 Å². The molecule has 0 amide bonds. The molecule has 0 aliphatic rings. The molecular weight excluding hydrogens is 302 g/mol. The molecule has 0 radical (unpaired) electrons. The van der Waals surface area contributed by atoms with E-state index in [0.717, 1.165) is 17.1 Å². The molecule has 0 aliphatic carbocycles. The zero-order valence-corrected chi connectivity index (χ0v) is 13.5. The van der Waals surface area contributed by atoms with Crippen molar-refractivity contribution in [2.45, 2.75) is 6.92 Å². The second-order valence-electron chi connectivity index (χ2n) is 5.23. The molecular formula is C19H19N3O2. The average Bonchev–Trinajstić information content (AvgIpc) is 2.90. The Hall–Kier alpha value is -3.21. The number of ether oxygens (including phenoxy) is 1. The van der Waals surface area contributed by atoms with Crippen LogP contribution in [0.1, 0.15) is 6.92 Å². The molecule has 122 valence electrons. The molecule has 0 spiro atoms. The fourth-order valence-corrected chi connectivity index (χ4v) is 2.37.